The summed E-state index contributed by atoms with van der Waals surface area (Å²) >= 11 is 0. The Labute approximate surface area is 223 Å². The summed E-state index contributed by atoms with van der Waals surface area (Å²) in [6.07, 6.45) is 9.50. The number of aliphatic hydroxyl groups excluding tert-OH is 1. The van der Waals surface area contributed by atoms with Gasteiger partial charge in [0.15, 0.2) is 0 Å². The Hall–Kier alpha value is -1.36. The molecule has 2 N–H and O–H groups in total. The second-order valence-electron chi connectivity index (χ2n) is 15.8. The minimum absolute atomic E-state index is 0.0354. The van der Waals surface area contributed by atoms with Gasteiger partial charge in [-0.05, 0) is 103 Å². The number of carboxylic acids is 1. The molecule has 0 aliphatic heterocycles. The zero-order valence-electron chi connectivity index (χ0n) is 24.4. The molecule has 0 saturated heterocycles. The molecule has 0 aromatic heterocycles. The van der Waals surface area contributed by atoms with E-state index in [-0.39, 0.29) is 39.0 Å². The highest BCUT2D eigenvalue weighted by Crippen LogP contribution is 2.75. The summed E-state index contributed by atoms with van der Waals surface area (Å²) in [5.41, 5.74) is 0.534. The van der Waals surface area contributed by atoms with Crippen LogP contribution in [0.3, 0.4) is 0 Å². The number of ether oxygens (including phenoxy) is 1. The van der Waals surface area contributed by atoms with Crippen molar-refractivity contribution in [1.29, 1.82) is 0 Å². The van der Waals surface area contributed by atoms with Crippen LogP contribution < -0.4 is 0 Å². The molecule has 208 valence electrons. The molecule has 5 aliphatic carbocycles. The topological polar surface area (TPSA) is 83.8 Å². The van der Waals surface area contributed by atoms with Crippen molar-refractivity contribution in [3.05, 3.63) is 11.6 Å². The van der Waals surface area contributed by atoms with Gasteiger partial charge in [-0.15, -0.1) is 0 Å². The first-order valence-electron chi connectivity index (χ1n) is 14.7. The summed E-state index contributed by atoms with van der Waals surface area (Å²) in [5.74, 6) is -0.0733. The summed E-state index contributed by atoms with van der Waals surface area (Å²) in [5, 5.41) is 21.9. The van der Waals surface area contributed by atoms with Crippen LogP contribution in [0.25, 0.3) is 0 Å². The zero-order valence-corrected chi connectivity index (χ0v) is 24.4. The van der Waals surface area contributed by atoms with Crippen LogP contribution in [-0.2, 0) is 14.3 Å². The molecule has 0 radical (unpaired) electrons. The third-order valence-corrected chi connectivity index (χ3v) is 13.3. The van der Waals surface area contributed by atoms with Gasteiger partial charge in [0.1, 0.15) is 6.10 Å². The predicted octanol–water partition coefficient (Wildman–Crippen LogP) is 6.78. The van der Waals surface area contributed by atoms with Gasteiger partial charge in [0.05, 0.1) is 11.5 Å². The van der Waals surface area contributed by atoms with Crippen molar-refractivity contribution in [1.82, 2.24) is 0 Å². The number of rotatable bonds is 2. The van der Waals surface area contributed by atoms with Crippen molar-refractivity contribution in [2.75, 3.05) is 0 Å². The minimum atomic E-state index is -0.667. The number of fused-ring (bicyclic) bond motifs is 7. The lowest BCUT2D eigenvalue weighted by Crippen LogP contribution is -2.67. The Morgan fingerprint density at radius 3 is 2.19 bits per heavy atom. The molecule has 0 amide bonds. The van der Waals surface area contributed by atoms with Crippen molar-refractivity contribution >= 4 is 11.9 Å². The smallest absolute Gasteiger partial charge is 0.310 e. The van der Waals surface area contributed by atoms with Gasteiger partial charge in [-0.1, -0.05) is 60.1 Å². The number of aliphatic carboxylic acids is 1. The average Bonchev–Trinajstić information content (AvgIpc) is 2.77. The first-order chi connectivity index (χ1) is 16.9. The summed E-state index contributed by atoms with van der Waals surface area (Å²) in [6, 6.07) is 0. The number of allylic oxidation sites excluding steroid dienone is 2. The van der Waals surface area contributed by atoms with E-state index in [1.165, 1.54) is 12.5 Å². The van der Waals surface area contributed by atoms with E-state index in [4.69, 9.17) is 4.74 Å². The molecule has 0 aromatic carbocycles. The molecule has 5 nitrogen and oxygen atoms in total. The molecule has 5 heteroatoms. The Balaban J connectivity index is 1.59. The van der Waals surface area contributed by atoms with Crippen molar-refractivity contribution in [2.24, 2.45) is 50.2 Å². The Morgan fingerprint density at radius 2 is 1.57 bits per heavy atom. The van der Waals surface area contributed by atoms with Crippen LogP contribution in [0.4, 0.5) is 0 Å². The van der Waals surface area contributed by atoms with E-state index >= 15 is 0 Å². The quantitative estimate of drug-likeness (QED) is 0.314. The van der Waals surface area contributed by atoms with E-state index in [9.17, 15) is 19.8 Å². The third-order valence-electron chi connectivity index (χ3n) is 13.3. The van der Waals surface area contributed by atoms with Crippen molar-refractivity contribution in [3.63, 3.8) is 0 Å². The molecule has 5 rings (SSSR count). The van der Waals surface area contributed by atoms with Gasteiger partial charge in [0.2, 0.25) is 0 Å². The number of hydrogen-bond acceptors (Lipinski definition) is 4. The van der Waals surface area contributed by atoms with Gasteiger partial charge in [0, 0.05) is 6.92 Å². The molecular weight excluding hydrogens is 464 g/mol. The lowest BCUT2D eigenvalue weighted by molar-refractivity contribution is -0.237. The van der Waals surface area contributed by atoms with Crippen LogP contribution in [0.1, 0.15) is 113 Å². The van der Waals surface area contributed by atoms with Crippen LogP contribution >= 0.6 is 0 Å². The maximum Gasteiger partial charge on any atom is 0.310 e. The average molecular weight is 515 g/mol. The molecular formula is C32H50O5. The largest absolute Gasteiger partial charge is 0.481 e. The first-order valence-corrected chi connectivity index (χ1v) is 14.7. The van der Waals surface area contributed by atoms with E-state index in [1.807, 2.05) is 0 Å². The van der Waals surface area contributed by atoms with Gasteiger partial charge in [-0.25, -0.2) is 0 Å². The number of hydrogen-bond donors (Lipinski definition) is 2. The van der Waals surface area contributed by atoms with Gasteiger partial charge < -0.3 is 14.9 Å². The number of esters is 1. The lowest BCUT2D eigenvalue weighted by Gasteiger charge is -2.71. The summed E-state index contributed by atoms with van der Waals surface area (Å²) in [6.45, 7) is 17.7. The lowest BCUT2D eigenvalue weighted by atomic mass is 9.33. The summed E-state index contributed by atoms with van der Waals surface area (Å²) in [4.78, 5) is 24.8. The number of carbonyl (C=O) groups excluding carboxylic acids is 1. The second kappa shape index (κ2) is 8.08. The van der Waals surface area contributed by atoms with Gasteiger partial charge in [-0.2, -0.15) is 0 Å². The highest BCUT2D eigenvalue weighted by molar-refractivity contribution is 5.76. The maximum absolute atomic E-state index is 12.8. The number of aliphatic hydroxyl groups is 1. The Kier molecular flexibility index (Phi) is 5.95. The van der Waals surface area contributed by atoms with Crippen LogP contribution in [0, 0.1) is 50.2 Å². The third kappa shape index (κ3) is 3.50. The molecule has 0 spiro atoms. The van der Waals surface area contributed by atoms with Crippen LogP contribution in [0.5, 0.6) is 0 Å². The summed E-state index contributed by atoms with van der Waals surface area (Å²) < 4.78 is 5.76. The van der Waals surface area contributed by atoms with Crippen LogP contribution in [-0.4, -0.2) is 34.4 Å². The van der Waals surface area contributed by atoms with Crippen molar-refractivity contribution in [3.8, 4) is 0 Å². The van der Waals surface area contributed by atoms with E-state index < -0.39 is 23.6 Å². The Morgan fingerprint density at radius 1 is 0.919 bits per heavy atom. The zero-order chi connectivity index (χ0) is 27.4. The molecule has 4 fully saturated rings. The van der Waals surface area contributed by atoms with Gasteiger partial charge >= 0.3 is 11.9 Å². The minimum Gasteiger partial charge on any atom is -0.481 e. The molecule has 37 heavy (non-hydrogen) atoms. The maximum atomic E-state index is 12.8. The number of carboxylic acid groups (broad SMARTS) is 1. The molecule has 0 unspecified atom stereocenters. The van der Waals surface area contributed by atoms with Crippen LogP contribution in [0.2, 0.25) is 0 Å². The summed E-state index contributed by atoms with van der Waals surface area (Å²) in [7, 11) is 0. The number of carbonyl (C=O) groups is 2. The molecule has 0 bridgehead atoms. The van der Waals surface area contributed by atoms with Crippen molar-refractivity contribution in [2.45, 2.75) is 125 Å². The second-order valence-corrected chi connectivity index (χ2v) is 15.8. The van der Waals surface area contributed by atoms with Gasteiger partial charge in [-0.3, -0.25) is 9.59 Å². The van der Waals surface area contributed by atoms with E-state index in [2.05, 4.69) is 54.5 Å². The Bertz CT molecular complexity index is 1030. The van der Waals surface area contributed by atoms with E-state index in [1.54, 1.807) is 0 Å². The molecule has 0 aromatic rings. The molecule has 9 atom stereocenters. The van der Waals surface area contributed by atoms with Gasteiger partial charge in [0.25, 0.3) is 0 Å². The van der Waals surface area contributed by atoms with E-state index in [0.717, 1.165) is 51.4 Å². The molecule has 5 aliphatic rings. The van der Waals surface area contributed by atoms with Crippen molar-refractivity contribution < 1.29 is 24.5 Å². The fraction of sp³-hybridized carbons (Fsp3) is 0.875. The highest BCUT2D eigenvalue weighted by Gasteiger charge is 2.70. The normalized spacial score (nSPS) is 49.9. The first kappa shape index (κ1) is 27.2. The molecule has 0 heterocycles. The standard InChI is InChI=1S/C32H50O5/c1-19(33)37-22-18-29(6)23(28(4,5)25(22)34)11-12-31(8)24(29)10-9-20-21-17-27(2,3)13-15-32(21,26(35)36)16-14-30(20,31)7/h9,21-25,34H,10-18H2,1-8H3,(H,35,36)/t21-,22+,23+,24-,25-,29-,30+,31+,32-/m0/s1. The molecule has 4 saturated carbocycles. The SMILES string of the molecule is CC(=O)O[C@@H]1C[C@@]2(C)[C@H](CC[C@]3(C)[C@H]2CC=C2[C@@H]4CC(C)(C)CC[C@]4(C(=O)O)CC[C@]23C)C(C)(C)[C@H]1O. The fourth-order valence-electron chi connectivity index (χ4n) is 11.0. The highest BCUT2D eigenvalue weighted by atomic mass is 16.6. The van der Waals surface area contributed by atoms with E-state index in [0.29, 0.717) is 18.3 Å². The van der Waals surface area contributed by atoms with Crippen LogP contribution in [0.15, 0.2) is 11.6 Å². The predicted molar refractivity (Wildman–Crippen MR) is 144 cm³/mol. The fourth-order valence-corrected chi connectivity index (χ4v) is 11.0. The monoisotopic (exact) mass is 514 g/mol.